The highest BCUT2D eigenvalue weighted by Gasteiger charge is 1.97. The van der Waals surface area contributed by atoms with E-state index >= 15 is 0 Å². The van der Waals surface area contributed by atoms with E-state index in [1.54, 1.807) is 0 Å². The maximum atomic E-state index is 9.62. The first-order valence-corrected chi connectivity index (χ1v) is 2.95. The van der Waals surface area contributed by atoms with Gasteiger partial charge in [-0.2, -0.15) is 8.42 Å². The molecule has 0 amide bonds. The van der Waals surface area contributed by atoms with Crippen LogP contribution in [0.3, 0.4) is 0 Å². The SMILES string of the molecule is NC=COS(=O)(=O)O. The largest absolute Gasteiger partial charge is 0.445 e. The standard InChI is InChI=1S/C2H5NO4S/c3-1-2-7-8(4,5)6/h1-2H,3H2,(H,4,5,6). The van der Waals surface area contributed by atoms with Crippen LogP contribution >= 0.6 is 0 Å². The van der Waals surface area contributed by atoms with E-state index in [0.717, 1.165) is 6.20 Å². The zero-order valence-electron chi connectivity index (χ0n) is 3.81. The van der Waals surface area contributed by atoms with E-state index in [4.69, 9.17) is 4.55 Å². The third-order valence-corrected chi connectivity index (χ3v) is 0.610. The Bertz CT molecular complexity index is 168. The van der Waals surface area contributed by atoms with Crippen LogP contribution in [-0.2, 0) is 14.6 Å². The molecule has 0 fully saturated rings. The molecule has 0 saturated carbocycles. The second-order valence-electron chi connectivity index (χ2n) is 0.852. The summed E-state index contributed by atoms with van der Waals surface area (Å²) >= 11 is 0. The van der Waals surface area contributed by atoms with Gasteiger partial charge in [-0.05, 0) is 0 Å². The van der Waals surface area contributed by atoms with Crippen LogP contribution in [0.4, 0.5) is 0 Å². The lowest BCUT2D eigenvalue weighted by molar-refractivity contribution is 0.355. The maximum Gasteiger partial charge on any atom is 0.445 e. The molecule has 0 aromatic heterocycles. The highest BCUT2D eigenvalue weighted by atomic mass is 32.3. The van der Waals surface area contributed by atoms with Crippen molar-refractivity contribution in [2.45, 2.75) is 0 Å². The van der Waals surface area contributed by atoms with Crippen LogP contribution in [0.1, 0.15) is 0 Å². The van der Waals surface area contributed by atoms with Gasteiger partial charge >= 0.3 is 10.4 Å². The molecular formula is C2H5NO4S. The summed E-state index contributed by atoms with van der Waals surface area (Å²) < 4.78 is 30.6. The Morgan fingerprint density at radius 1 is 1.62 bits per heavy atom. The minimum Gasteiger partial charge on any atom is -0.402 e. The molecule has 0 atom stereocenters. The van der Waals surface area contributed by atoms with E-state index in [1.165, 1.54) is 0 Å². The molecule has 8 heavy (non-hydrogen) atoms. The van der Waals surface area contributed by atoms with Crippen LogP contribution in [0.5, 0.6) is 0 Å². The van der Waals surface area contributed by atoms with Gasteiger partial charge in [0.15, 0.2) is 0 Å². The van der Waals surface area contributed by atoms with Crippen molar-refractivity contribution in [2.75, 3.05) is 0 Å². The van der Waals surface area contributed by atoms with Crippen LogP contribution in [0.25, 0.3) is 0 Å². The third kappa shape index (κ3) is 5.25. The minimum absolute atomic E-state index is 0.648. The van der Waals surface area contributed by atoms with Gasteiger partial charge in [-0.3, -0.25) is 4.55 Å². The fraction of sp³-hybridized carbons (Fsp3) is 0. The van der Waals surface area contributed by atoms with Gasteiger partial charge in [0, 0.05) is 6.20 Å². The monoisotopic (exact) mass is 139 g/mol. The number of hydrogen-bond acceptors (Lipinski definition) is 4. The lowest BCUT2D eigenvalue weighted by Gasteiger charge is -1.88. The van der Waals surface area contributed by atoms with E-state index in [-0.39, 0.29) is 0 Å². The van der Waals surface area contributed by atoms with E-state index in [0.29, 0.717) is 6.26 Å². The van der Waals surface area contributed by atoms with Crippen molar-refractivity contribution in [3.63, 3.8) is 0 Å². The lowest BCUT2D eigenvalue weighted by Crippen LogP contribution is -1.97. The smallest absolute Gasteiger partial charge is 0.402 e. The Balaban J connectivity index is 3.76. The van der Waals surface area contributed by atoms with E-state index in [9.17, 15) is 8.42 Å². The van der Waals surface area contributed by atoms with Crippen molar-refractivity contribution in [1.29, 1.82) is 0 Å². The molecule has 0 aromatic carbocycles. The van der Waals surface area contributed by atoms with Crippen molar-refractivity contribution in [3.05, 3.63) is 12.5 Å². The van der Waals surface area contributed by atoms with Gasteiger partial charge in [0.1, 0.15) is 6.26 Å². The topological polar surface area (TPSA) is 89.6 Å². The summed E-state index contributed by atoms with van der Waals surface area (Å²) in [6, 6.07) is 0. The van der Waals surface area contributed by atoms with Crippen molar-refractivity contribution >= 4 is 10.4 Å². The first-order chi connectivity index (χ1) is 3.56. The molecule has 0 aliphatic rings. The zero-order valence-corrected chi connectivity index (χ0v) is 4.63. The van der Waals surface area contributed by atoms with Gasteiger partial charge in [0.2, 0.25) is 0 Å². The highest BCUT2D eigenvalue weighted by Crippen LogP contribution is 1.83. The quantitative estimate of drug-likeness (QED) is 0.387. The summed E-state index contributed by atoms with van der Waals surface area (Å²) in [4.78, 5) is 0. The second-order valence-corrected chi connectivity index (χ2v) is 1.90. The maximum absolute atomic E-state index is 9.62. The van der Waals surface area contributed by atoms with Gasteiger partial charge in [-0.15, -0.1) is 0 Å². The summed E-state index contributed by atoms with van der Waals surface area (Å²) in [6.07, 6.45) is 1.49. The van der Waals surface area contributed by atoms with Crippen LogP contribution in [0.2, 0.25) is 0 Å². The average Bonchev–Trinajstić information content (AvgIpc) is 1.59. The lowest BCUT2D eigenvalue weighted by atomic mass is 11.0. The molecule has 0 spiro atoms. The van der Waals surface area contributed by atoms with E-state index < -0.39 is 10.4 Å². The number of rotatable bonds is 2. The average molecular weight is 139 g/mol. The van der Waals surface area contributed by atoms with Crippen LogP contribution in [0, 0.1) is 0 Å². The fourth-order valence-electron chi connectivity index (χ4n) is 0.102. The number of nitrogens with two attached hydrogens (primary N) is 1. The Kier molecular flexibility index (Phi) is 2.29. The summed E-state index contributed by atoms with van der Waals surface area (Å²) in [5, 5.41) is 0. The molecule has 48 valence electrons. The molecule has 0 radical (unpaired) electrons. The van der Waals surface area contributed by atoms with E-state index in [2.05, 4.69) is 9.92 Å². The molecule has 0 aliphatic heterocycles. The molecule has 0 rings (SSSR count). The molecular weight excluding hydrogens is 134 g/mol. The predicted octanol–water partition coefficient (Wildman–Crippen LogP) is -0.764. The summed E-state index contributed by atoms with van der Waals surface area (Å²) in [6.45, 7) is 0. The van der Waals surface area contributed by atoms with Gasteiger partial charge < -0.3 is 9.92 Å². The van der Waals surface area contributed by atoms with Crippen molar-refractivity contribution in [2.24, 2.45) is 5.73 Å². The Hall–Kier alpha value is -0.750. The minimum atomic E-state index is -4.35. The van der Waals surface area contributed by atoms with Crippen molar-refractivity contribution < 1.29 is 17.2 Å². The van der Waals surface area contributed by atoms with Gasteiger partial charge in [-0.25, -0.2) is 0 Å². The summed E-state index contributed by atoms with van der Waals surface area (Å²) in [5.74, 6) is 0. The molecule has 3 N–H and O–H groups in total. The molecule has 0 aromatic rings. The summed E-state index contributed by atoms with van der Waals surface area (Å²) in [5.41, 5.74) is 4.65. The normalized spacial score (nSPS) is 12.1. The second kappa shape index (κ2) is 2.53. The molecule has 0 heterocycles. The molecule has 0 unspecified atom stereocenters. The van der Waals surface area contributed by atoms with Crippen LogP contribution < -0.4 is 5.73 Å². The molecule has 0 bridgehead atoms. The predicted molar refractivity (Wildman–Crippen MR) is 26.0 cm³/mol. The van der Waals surface area contributed by atoms with E-state index in [1.807, 2.05) is 0 Å². The summed E-state index contributed by atoms with van der Waals surface area (Å²) in [7, 11) is -4.35. The third-order valence-electron chi connectivity index (χ3n) is 0.256. The fourth-order valence-corrected chi connectivity index (χ4v) is 0.307. The zero-order chi connectivity index (χ0) is 6.62. The molecule has 5 nitrogen and oxygen atoms in total. The highest BCUT2D eigenvalue weighted by molar-refractivity contribution is 7.81. The van der Waals surface area contributed by atoms with Gasteiger partial charge in [0.25, 0.3) is 0 Å². The van der Waals surface area contributed by atoms with Gasteiger partial charge in [-0.1, -0.05) is 0 Å². The van der Waals surface area contributed by atoms with Crippen LogP contribution in [-0.4, -0.2) is 13.0 Å². The van der Waals surface area contributed by atoms with Crippen molar-refractivity contribution in [3.8, 4) is 0 Å². The molecule has 0 saturated heterocycles. The molecule has 6 heteroatoms. The first kappa shape index (κ1) is 7.25. The van der Waals surface area contributed by atoms with Crippen molar-refractivity contribution in [1.82, 2.24) is 0 Å². The van der Waals surface area contributed by atoms with Crippen LogP contribution in [0.15, 0.2) is 12.5 Å². The van der Waals surface area contributed by atoms with Gasteiger partial charge in [0.05, 0.1) is 0 Å². The molecule has 0 aliphatic carbocycles. The Labute approximate surface area is 46.7 Å². The first-order valence-electron chi connectivity index (χ1n) is 1.58. The Morgan fingerprint density at radius 2 is 2.12 bits per heavy atom. The Morgan fingerprint density at radius 3 is 2.25 bits per heavy atom. The number of hydrogen-bond donors (Lipinski definition) is 2.